The third-order valence-corrected chi connectivity index (χ3v) is 2.39. The Balaban J connectivity index is 2.96. The van der Waals surface area contributed by atoms with E-state index in [1.165, 1.54) is 6.07 Å². The van der Waals surface area contributed by atoms with Gasteiger partial charge in [-0.25, -0.2) is 4.98 Å². The van der Waals surface area contributed by atoms with Gasteiger partial charge >= 0.3 is 0 Å². The Bertz CT molecular complexity index is 251. The van der Waals surface area contributed by atoms with Gasteiger partial charge in [0.15, 0.2) is 0 Å². The number of aromatic nitrogens is 1. The standard InChI is InChI=1S/C10H14FN/c1-4-10(2,3)8-5-6-9(11)12-7-8/h5-7H,4H2,1-3H3. The van der Waals surface area contributed by atoms with E-state index >= 15 is 0 Å². The van der Waals surface area contributed by atoms with Crippen LogP contribution in [0.3, 0.4) is 0 Å². The maximum Gasteiger partial charge on any atom is 0.212 e. The second-order valence-corrected chi connectivity index (χ2v) is 3.61. The smallest absolute Gasteiger partial charge is 0.212 e. The highest BCUT2D eigenvalue weighted by Gasteiger charge is 2.17. The molecule has 0 atom stereocenters. The van der Waals surface area contributed by atoms with Gasteiger partial charge in [-0.15, -0.1) is 0 Å². The molecule has 0 fully saturated rings. The Morgan fingerprint density at radius 2 is 2.08 bits per heavy atom. The minimum absolute atomic E-state index is 0.0979. The van der Waals surface area contributed by atoms with Crippen molar-refractivity contribution in [2.24, 2.45) is 0 Å². The molecule has 0 saturated heterocycles. The fourth-order valence-electron chi connectivity index (χ4n) is 0.980. The van der Waals surface area contributed by atoms with Gasteiger partial charge in [0, 0.05) is 6.20 Å². The lowest BCUT2D eigenvalue weighted by Gasteiger charge is -2.22. The Hall–Kier alpha value is -0.920. The highest BCUT2D eigenvalue weighted by molar-refractivity contribution is 5.19. The summed E-state index contributed by atoms with van der Waals surface area (Å²) in [6.45, 7) is 6.37. The zero-order chi connectivity index (χ0) is 9.19. The van der Waals surface area contributed by atoms with Crippen LogP contribution in [0.2, 0.25) is 0 Å². The molecule has 0 aliphatic carbocycles. The van der Waals surface area contributed by atoms with Crippen LogP contribution < -0.4 is 0 Å². The SMILES string of the molecule is CCC(C)(C)c1ccc(F)nc1. The molecular weight excluding hydrogens is 153 g/mol. The van der Waals surface area contributed by atoms with Crippen molar-refractivity contribution in [3.8, 4) is 0 Å². The first-order valence-electron chi connectivity index (χ1n) is 4.18. The van der Waals surface area contributed by atoms with Crippen molar-refractivity contribution in [2.75, 3.05) is 0 Å². The van der Waals surface area contributed by atoms with Gasteiger partial charge in [-0.05, 0) is 23.5 Å². The largest absolute Gasteiger partial charge is 0.228 e. The van der Waals surface area contributed by atoms with Gasteiger partial charge in [-0.2, -0.15) is 4.39 Å². The summed E-state index contributed by atoms with van der Waals surface area (Å²) in [6, 6.07) is 3.21. The molecular formula is C10H14FN. The van der Waals surface area contributed by atoms with Crippen LogP contribution in [0.4, 0.5) is 4.39 Å². The van der Waals surface area contributed by atoms with E-state index in [4.69, 9.17) is 0 Å². The van der Waals surface area contributed by atoms with Gasteiger partial charge < -0.3 is 0 Å². The van der Waals surface area contributed by atoms with E-state index in [0.29, 0.717) is 0 Å². The number of hydrogen-bond acceptors (Lipinski definition) is 1. The van der Waals surface area contributed by atoms with E-state index in [1.807, 2.05) is 0 Å². The molecule has 0 aliphatic heterocycles. The molecule has 0 unspecified atom stereocenters. The summed E-state index contributed by atoms with van der Waals surface area (Å²) in [6.07, 6.45) is 2.64. The summed E-state index contributed by atoms with van der Waals surface area (Å²) in [5, 5.41) is 0. The summed E-state index contributed by atoms with van der Waals surface area (Å²) in [4.78, 5) is 3.63. The molecule has 1 aromatic heterocycles. The first kappa shape index (κ1) is 9.17. The lowest BCUT2D eigenvalue weighted by Crippen LogP contribution is -2.15. The van der Waals surface area contributed by atoms with Crippen molar-refractivity contribution in [3.05, 3.63) is 29.8 Å². The van der Waals surface area contributed by atoms with E-state index in [1.54, 1.807) is 12.3 Å². The minimum Gasteiger partial charge on any atom is -0.228 e. The lowest BCUT2D eigenvalue weighted by molar-refractivity contribution is 0.498. The van der Waals surface area contributed by atoms with Gasteiger partial charge in [-0.3, -0.25) is 0 Å². The summed E-state index contributed by atoms with van der Waals surface area (Å²) in [5.41, 5.74) is 1.19. The zero-order valence-electron chi connectivity index (χ0n) is 7.76. The molecule has 66 valence electrons. The van der Waals surface area contributed by atoms with Gasteiger partial charge in [0.2, 0.25) is 5.95 Å². The van der Waals surface area contributed by atoms with Crippen molar-refractivity contribution >= 4 is 0 Å². The van der Waals surface area contributed by atoms with E-state index < -0.39 is 5.95 Å². The summed E-state index contributed by atoms with van der Waals surface area (Å²) >= 11 is 0. The molecule has 0 aromatic carbocycles. The van der Waals surface area contributed by atoms with Crippen LogP contribution >= 0.6 is 0 Å². The maximum atomic E-state index is 12.5. The summed E-state index contributed by atoms with van der Waals surface area (Å²) < 4.78 is 12.5. The zero-order valence-corrected chi connectivity index (χ0v) is 7.76. The molecule has 0 saturated carbocycles. The monoisotopic (exact) mass is 167 g/mol. The normalized spacial score (nSPS) is 11.7. The topological polar surface area (TPSA) is 12.9 Å². The molecule has 0 N–H and O–H groups in total. The fraction of sp³-hybridized carbons (Fsp3) is 0.500. The van der Waals surface area contributed by atoms with Crippen LogP contribution in [0.25, 0.3) is 0 Å². The van der Waals surface area contributed by atoms with Gasteiger partial charge in [-0.1, -0.05) is 26.8 Å². The van der Waals surface area contributed by atoms with Gasteiger partial charge in [0.1, 0.15) is 0 Å². The summed E-state index contributed by atoms with van der Waals surface area (Å²) in [5.74, 6) is -0.411. The van der Waals surface area contributed by atoms with Crippen molar-refractivity contribution < 1.29 is 4.39 Å². The Morgan fingerprint density at radius 1 is 1.42 bits per heavy atom. The van der Waals surface area contributed by atoms with Gasteiger partial charge in [0.25, 0.3) is 0 Å². The van der Waals surface area contributed by atoms with Crippen LogP contribution in [-0.4, -0.2) is 4.98 Å². The van der Waals surface area contributed by atoms with Crippen LogP contribution in [0, 0.1) is 5.95 Å². The highest BCUT2D eigenvalue weighted by atomic mass is 19.1. The van der Waals surface area contributed by atoms with E-state index in [-0.39, 0.29) is 5.41 Å². The second kappa shape index (κ2) is 3.21. The second-order valence-electron chi connectivity index (χ2n) is 3.61. The lowest BCUT2D eigenvalue weighted by atomic mass is 9.83. The molecule has 1 heterocycles. The minimum atomic E-state index is -0.411. The number of hydrogen-bond donors (Lipinski definition) is 0. The Labute approximate surface area is 72.6 Å². The molecule has 12 heavy (non-hydrogen) atoms. The number of nitrogens with zero attached hydrogens (tertiary/aromatic N) is 1. The van der Waals surface area contributed by atoms with Crippen molar-refractivity contribution in [2.45, 2.75) is 32.6 Å². The molecule has 2 heteroatoms. The Kier molecular flexibility index (Phi) is 2.46. The molecule has 1 rings (SSSR count). The van der Waals surface area contributed by atoms with Gasteiger partial charge in [0.05, 0.1) is 0 Å². The highest BCUT2D eigenvalue weighted by Crippen LogP contribution is 2.25. The molecule has 0 spiro atoms. The molecule has 1 aromatic rings. The third-order valence-electron chi connectivity index (χ3n) is 2.39. The molecule has 0 bridgehead atoms. The van der Waals surface area contributed by atoms with Crippen LogP contribution in [-0.2, 0) is 5.41 Å². The predicted octanol–water partition coefficient (Wildman–Crippen LogP) is 2.91. The molecule has 0 aliphatic rings. The van der Waals surface area contributed by atoms with E-state index in [9.17, 15) is 4.39 Å². The average Bonchev–Trinajstić information content (AvgIpc) is 2.05. The number of rotatable bonds is 2. The van der Waals surface area contributed by atoms with E-state index in [0.717, 1.165) is 12.0 Å². The van der Waals surface area contributed by atoms with Crippen LogP contribution in [0.5, 0.6) is 0 Å². The summed E-state index contributed by atoms with van der Waals surface area (Å²) in [7, 11) is 0. The van der Waals surface area contributed by atoms with Crippen molar-refractivity contribution in [3.63, 3.8) is 0 Å². The first-order valence-corrected chi connectivity index (χ1v) is 4.18. The fourth-order valence-corrected chi connectivity index (χ4v) is 0.980. The van der Waals surface area contributed by atoms with Crippen molar-refractivity contribution in [1.82, 2.24) is 4.98 Å². The predicted molar refractivity (Wildman–Crippen MR) is 47.5 cm³/mol. The Morgan fingerprint density at radius 3 is 2.50 bits per heavy atom. The average molecular weight is 167 g/mol. The molecule has 0 amide bonds. The number of pyridine rings is 1. The number of halogens is 1. The molecule has 1 nitrogen and oxygen atoms in total. The molecule has 0 radical (unpaired) electrons. The van der Waals surface area contributed by atoms with Crippen molar-refractivity contribution in [1.29, 1.82) is 0 Å². The van der Waals surface area contributed by atoms with Crippen LogP contribution in [0.1, 0.15) is 32.8 Å². The first-order chi connectivity index (χ1) is 5.56. The quantitative estimate of drug-likeness (QED) is 0.617. The maximum absolute atomic E-state index is 12.5. The van der Waals surface area contributed by atoms with Crippen LogP contribution in [0.15, 0.2) is 18.3 Å². The third kappa shape index (κ3) is 1.81. The van der Waals surface area contributed by atoms with E-state index in [2.05, 4.69) is 25.8 Å².